The van der Waals surface area contributed by atoms with Gasteiger partial charge in [-0.1, -0.05) is 41.6 Å². The van der Waals surface area contributed by atoms with Crippen LogP contribution in [0.4, 0.5) is 0 Å². The third-order valence-electron chi connectivity index (χ3n) is 5.27. The standard InChI is InChI=1S/C24H25N3O4/c1-2-30-20-11-6-10-18(14-20)24(29)27-13-7-12-21(27)23(28)25-16-19-15-22(31-26-19)17-8-4-3-5-9-17/h3-6,8-11,14-15,21H,2,7,12-13,16H2,1H3,(H,25,28). The summed E-state index contributed by atoms with van der Waals surface area (Å²) >= 11 is 0. The normalized spacial score (nSPS) is 15.6. The first-order chi connectivity index (χ1) is 15.2. The van der Waals surface area contributed by atoms with Crippen molar-refractivity contribution in [1.82, 2.24) is 15.4 Å². The highest BCUT2D eigenvalue weighted by molar-refractivity contribution is 5.98. The minimum atomic E-state index is -0.497. The molecule has 1 aliphatic heterocycles. The van der Waals surface area contributed by atoms with Crippen molar-refractivity contribution in [3.05, 3.63) is 71.9 Å². The van der Waals surface area contributed by atoms with Crippen LogP contribution in [0.15, 0.2) is 65.2 Å². The molecule has 0 bridgehead atoms. The average molecular weight is 419 g/mol. The number of benzene rings is 2. The van der Waals surface area contributed by atoms with Gasteiger partial charge in [0.15, 0.2) is 5.76 Å². The van der Waals surface area contributed by atoms with Crippen molar-refractivity contribution in [2.75, 3.05) is 13.2 Å². The molecule has 4 rings (SSSR count). The van der Waals surface area contributed by atoms with Gasteiger partial charge in [0.1, 0.15) is 17.5 Å². The summed E-state index contributed by atoms with van der Waals surface area (Å²) in [4.78, 5) is 27.5. The molecule has 3 aromatic rings. The number of amides is 2. The molecule has 7 nitrogen and oxygen atoms in total. The molecule has 31 heavy (non-hydrogen) atoms. The topological polar surface area (TPSA) is 84.7 Å². The molecule has 160 valence electrons. The molecule has 0 saturated carbocycles. The third kappa shape index (κ3) is 4.77. The lowest BCUT2D eigenvalue weighted by atomic mass is 10.1. The maximum atomic E-state index is 13.0. The summed E-state index contributed by atoms with van der Waals surface area (Å²) in [5, 5.41) is 6.93. The zero-order valence-corrected chi connectivity index (χ0v) is 17.4. The van der Waals surface area contributed by atoms with Gasteiger partial charge in [0, 0.05) is 23.7 Å². The fourth-order valence-corrected chi connectivity index (χ4v) is 3.76. The van der Waals surface area contributed by atoms with Gasteiger partial charge < -0.3 is 19.5 Å². The van der Waals surface area contributed by atoms with Crippen LogP contribution in [0.3, 0.4) is 0 Å². The van der Waals surface area contributed by atoms with Crippen molar-refractivity contribution in [2.45, 2.75) is 32.4 Å². The molecule has 0 radical (unpaired) electrons. The lowest BCUT2D eigenvalue weighted by Crippen LogP contribution is -2.45. The van der Waals surface area contributed by atoms with Crippen molar-refractivity contribution in [3.8, 4) is 17.1 Å². The van der Waals surface area contributed by atoms with E-state index < -0.39 is 6.04 Å². The molecule has 1 fully saturated rings. The maximum Gasteiger partial charge on any atom is 0.254 e. The monoisotopic (exact) mass is 419 g/mol. The number of nitrogens with one attached hydrogen (secondary N) is 1. The van der Waals surface area contributed by atoms with E-state index in [9.17, 15) is 9.59 Å². The van der Waals surface area contributed by atoms with Crippen LogP contribution in [0, 0.1) is 0 Å². The molecule has 2 heterocycles. The van der Waals surface area contributed by atoms with Crippen LogP contribution in [0.1, 0.15) is 35.8 Å². The predicted molar refractivity (Wildman–Crippen MR) is 115 cm³/mol. The van der Waals surface area contributed by atoms with Crippen LogP contribution in [0.25, 0.3) is 11.3 Å². The fraction of sp³-hybridized carbons (Fsp3) is 0.292. The molecule has 2 amide bonds. The Morgan fingerprint density at radius 1 is 1.16 bits per heavy atom. The second-order valence-corrected chi connectivity index (χ2v) is 7.38. The van der Waals surface area contributed by atoms with Crippen molar-refractivity contribution < 1.29 is 18.8 Å². The van der Waals surface area contributed by atoms with E-state index in [1.54, 1.807) is 23.1 Å². The van der Waals surface area contributed by atoms with Gasteiger partial charge in [-0.2, -0.15) is 0 Å². The van der Waals surface area contributed by atoms with Gasteiger partial charge in [-0.3, -0.25) is 9.59 Å². The van der Waals surface area contributed by atoms with E-state index in [2.05, 4.69) is 10.5 Å². The molecule has 1 unspecified atom stereocenters. The Hall–Kier alpha value is -3.61. The Bertz CT molecular complexity index is 1050. The number of hydrogen-bond acceptors (Lipinski definition) is 5. The van der Waals surface area contributed by atoms with Gasteiger partial charge in [0.2, 0.25) is 5.91 Å². The summed E-state index contributed by atoms with van der Waals surface area (Å²) in [6.07, 6.45) is 1.42. The zero-order chi connectivity index (χ0) is 21.6. The molecule has 1 aliphatic rings. The Labute approximate surface area is 181 Å². The highest BCUT2D eigenvalue weighted by Gasteiger charge is 2.34. The average Bonchev–Trinajstić information content (AvgIpc) is 3.48. The maximum absolute atomic E-state index is 13.0. The van der Waals surface area contributed by atoms with E-state index in [4.69, 9.17) is 9.26 Å². The van der Waals surface area contributed by atoms with Crippen LogP contribution in [-0.2, 0) is 11.3 Å². The van der Waals surface area contributed by atoms with Crippen molar-refractivity contribution in [3.63, 3.8) is 0 Å². The molecule has 0 spiro atoms. The van der Waals surface area contributed by atoms with Gasteiger partial charge in [-0.05, 0) is 38.0 Å². The number of likely N-dealkylation sites (tertiary alicyclic amines) is 1. The molecule has 0 aliphatic carbocycles. The number of rotatable bonds is 7. The highest BCUT2D eigenvalue weighted by Crippen LogP contribution is 2.23. The molecular formula is C24H25N3O4. The summed E-state index contributed by atoms with van der Waals surface area (Å²) in [6.45, 7) is 3.22. The SMILES string of the molecule is CCOc1cccc(C(=O)N2CCCC2C(=O)NCc2cc(-c3ccccc3)on2)c1. The Morgan fingerprint density at radius 2 is 2.00 bits per heavy atom. The number of aromatic nitrogens is 1. The second-order valence-electron chi connectivity index (χ2n) is 7.38. The Morgan fingerprint density at radius 3 is 2.81 bits per heavy atom. The fourth-order valence-electron chi connectivity index (χ4n) is 3.76. The van der Waals surface area contributed by atoms with Crippen LogP contribution in [0.2, 0.25) is 0 Å². The van der Waals surface area contributed by atoms with E-state index >= 15 is 0 Å². The first kappa shape index (κ1) is 20.7. The highest BCUT2D eigenvalue weighted by atomic mass is 16.5. The molecule has 1 atom stereocenters. The van der Waals surface area contributed by atoms with E-state index in [0.717, 1.165) is 12.0 Å². The smallest absolute Gasteiger partial charge is 0.254 e. The van der Waals surface area contributed by atoms with Crippen molar-refractivity contribution in [2.24, 2.45) is 0 Å². The minimum Gasteiger partial charge on any atom is -0.494 e. The zero-order valence-electron chi connectivity index (χ0n) is 17.4. The van der Waals surface area contributed by atoms with Crippen LogP contribution >= 0.6 is 0 Å². The van der Waals surface area contributed by atoms with Crippen molar-refractivity contribution >= 4 is 11.8 Å². The lowest BCUT2D eigenvalue weighted by molar-refractivity contribution is -0.125. The third-order valence-corrected chi connectivity index (χ3v) is 5.27. The van der Waals surface area contributed by atoms with Gasteiger partial charge in [-0.25, -0.2) is 0 Å². The Balaban J connectivity index is 1.38. The molecule has 7 heteroatoms. The number of hydrogen-bond donors (Lipinski definition) is 1. The van der Waals surface area contributed by atoms with Crippen LogP contribution in [-0.4, -0.2) is 41.1 Å². The molecular weight excluding hydrogens is 394 g/mol. The van der Waals surface area contributed by atoms with Gasteiger partial charge in [-0.15, -0.1) is 0 Å². The summed E-state index contributed by atoms with van der Waals surface area (Å²) in [5.74, 6) is 0.952. The molecule has 1 N–H and O–H groups in total. The molecule has 1 saturated heterocycles. The van der Waals surface area contributed by atoms with E-state index in [1.165, 1.54) is 0 Å². The Kier molecular flexibility index (Phi) is 6.31. The first-order valence-electron chi connectivity index (χ1n) is 10.5. The number of nitrogens with zero attached hydrogens (tertiary/aromatic N) is 2. The van der Waals surface area contributed by atoms with Gasteiger partial charge in [0.25, 0.3) is 5.91 Å². The summed E-state index contributed by atoms with van der Waals surface area (Å²) in [6, 6.07) is 18.0. The summed E-state index contributed by atoms with van der Waals surface area (Å²) < 4.78 is 10.9. The van der Waals surface area contributed by atoms with Gasteiger partial charge in [0.05, 0.1) is 13.2 Å². The van der Waals surface area contributed by atoms with Gasteiger partial charge >= 0.3 is 0 Å². The van der Waals surface area contributed by atoms with Crippen LogP contribution in [0.5, 0.6) is 5.75 Å². The lowest BCUT2D eigenvalue weighted by Gasteiger charge is -2.24. The second kappa shape index (κ2) is 9.47. The quantitative estimate of drug-likeness (QED) is 0.632. The molecule has 1 aromatic heterocycles. The van der Waals surface area contributed by atoms with Crippen LogP contribution < -0.4 is 10.1 Å². The predicted octanol–water partition coefficient (Wildman–Crippen LogP) is 3.66. The number of ether oxygens (including phenoxy) is 1. The largest absolute Gasteiger partial charge is 0.494 e. The minimum absolute atomic E-state index is 0.160. The number of carbonyl (C=O) groups excluding carboxylic acids is 2. The van der Waals surface area contributed by atoms with E-state index in [0.29, 0.717) is 42.3 Å². The van der Waals surface area contributed by atoms with Crippen molar-refractivity contribution in [1.29, 1.82) is 0 Å². The van der Waals surface area contributed by atoms with E-state index in [-0.39, 0.29) is 18.4 Å². The van der Waals surface area contributed by atoms with E-state index in [1.807, 2.05) is 49.4 Å². The summed E-state index contributed by atoms with van der Waals surface area (Å²) in [7, 11) is 0. The number of carbonyl (C=O) groups is 2. The summed E-state index contributed by atoms with van der Waals surface area (Å²) in [5.41, 5.74) is 2.08. The molecule has 2 aromatic carbocycles. The first-order valence-corrected chi connectivity index (χ1v) is 10.5.